The van der Waals surface area contributed by atoms with E-state index in [1.165, 1.54) is 14.2 Å². The molecule has 140 valence electrons. The van der Waals surface area contributed by atoms with Gasteiger partial charge < -0.3 is 23.7 Å². The molecule has 3 rings (SSSR count). The van der Waals surface area contributed by atoms with Gasteiger partial charge in [-0.05, 0) is 30.3 Å². The summed E-state index contributed by atoms with van der Waals surface area (Å²) in [5.74, 6) is 1.37. The number of carbonyl (C=O) groups excluding carboxylic acids is 2. The lowest BCUT2D eigenvalue weighted by Crippen LogP contribution is -2.12. The maximum absolute atomic E-state index is 12.6. The normalized spacial score (nSPS) is 13.7. The molecule has 0 saturated heterocycles. The van der Waals surface area contributed by atoms with Gasteiger partial charge >= 0.3 is 5.97 Å². The first-order chi connectivity index (χ1) is 13.0. The Labute approximate surface area is 156 Å². The Morgan fingerprint density at radius 1 is 1.04 bits per heavy atom. The first-order valence-electron chi connectivity index (χ1n) is 8.05. The van der Waals surface area contributed by atoms with Crippen LogP contribution in [-0.2, 0) is 9.53 Å². The smallest absolute Gasteiger partial charge is 0.343 e. The number of rotatable bonds is 6. The summed E-state index contributed by atoms with van der Waals surface area (Å²) in [6.45, 7) is -0.227. The Bertz CT molecular complexity index is 915. The average molecular weight is 370 g/mol. The third-order valence-corrected chi connectivity index (χ3v) is 3.95. The van der Waals surface area contributed by atoms with Gasteiger partial charge in [0.1, 0.15) is 23.0 Å². The molecule has 0 atom stereocenters. The van der Waals surface area contributed by atoms with Gasteiger partial charge in [-0.25, -0.2) is 4.79 Å². The maximum atomic E-state index is 12.6. The van der Waals surface area contributed by atoms with Gasteiger partial charge in [0.25, 0.3) is 0 Å². The number of hydrogen-bond acceptors (Lipinski definition) is 7. The standard InChI is InChI=1S/C20H18O7/c1-23-13-5-4-12(16(9-13)24-2)8-18-20(22)15-7-6-14(10-17(15)27-18)26-11-19(21)25-3/h4-10H,11H2,1-3H3. The number of Topliss-reactive ketones (excluding diaryl/α,β-unsaturated/α-hetero) is 1. The molecule has 0 N–H and O–H groups in total. The van der Waals surface area contributed by atoms with Gasteiger partial charge in [0.2, 0.25) is 5.78 Å². The fourth-order valence-corrected chi connectivity index (χ4v) is 2.54. The molecule has 1 aliphatic heterocycles. The van der Waals surface area contributed by atoms with Gasteiger partial charge in [-0.1, -0.05) is 0 Å². The van der Waals surface area contributed by atoms with Crippen molar-refractivity contribution in [3.63, 3.8) is 0 Å². The SMILES string of the molecule is COC(=O)COc1ccc2c(c1)OC(=Cc1ccc(OC)cc1OC)C2=O. The summed E-state index contributed by atoms with van der Waals surface area (Å²) in [4.78, 5) is 23.7. The second-order valence-corrected chi connectivity index (χ2v) is 5.57. The number of carbonyl (C=O) groups is 2. The van der Waals surface area contributed by atoms with Gasteiger partial charge in [0, 0.05) is 17.7 Å². The van der Waals surface area contributed by atoms with Gasteiger partial charge in [-0.2, -0.15) is 0 Å². The number of ketones is 1. The molecule has 7 heteroatoms. The van der Waals surface area contributed by atoms with E-state index >= 15 is 0 Å². The van der Waals surface area contributed by atoms with Gasteiger partial charge in [0.05, 0.1) is 26.9 Å². The van der Waals surface area contributed by atoms with Gasteiger partial charge in [0.15, 0.2) is 12.4 Å². The van der Waals surface area contributed by atoms with E-state index in [0.717, 1.165) is 0 Å². The van der Waals surface area contributed by atoms with Crippen LogP contribution in [0.4, 0.5) is 0 Å². The molecule has 2 aromatic carbocycles. The molecule has 0 bridgehead atoms. The van der Waals surface area contributed by atoms with Crippen molar-refractivity contribution >= 4 is 17.8 Å². The van der Waals surface area contributed by atoms with Crippen LogP contribution in [0, 0.1) is 0 Å². The molecule has 0 amide bonds. The fourth-order valence-electron chi connectivity index (χ4n) is 2.54. The Balaban J connectivity index is 1.84. The van der Waals surface area contributed by atoms with E-state index in [1.807, 2.05) is 0 Å². The lowest BCUT2D eigenvalue weighted by Gasteiger charge is -2.08. The topological polar surface area (TPSA) is 80.3 Å². The highest BCUT2D eigenvalue weighted by Gasteiger charge is 2.28. The highest BCUT2D eigenvalue weighted by molar-refractivity contribution is 6.14. The van der Waals surface area contributed by atoms with Crippen molar-refractivity contribution < 1.29 is 33.3 Å². The van der Waals surface area contributed by atoms with Crippen molar-refractivity contribution in [3.05, 3.63) is 53.3 Å². The summed E-state index contributed by atoms with van der Waals surface area (Å²) in [6, 6.07) is 10.0. The van der Waals surface area contributed by atoms with Crippen molar-refractivity contribution in [3.8, 4) is 23.0 Å². The summed E-state index contributed by atoms with van der Waals surface area (Å²) >= 11 is 0. The summed E-state index contributed by atoms with van der Waals surface area (Å²) < 4.78 is 26.0. The summed E-state index contributed by atoms with van der Waals surface area (Å²) in [7, 11) is 4.38. The van der Waals surface area contributed by atoms with E-state index in [4.69, 9.17) is 18.9 Å². The van der Waals surface area contributed by atoms with Gasteiger partial charge in [-0.3, -0.25) is 4.79 Å². The van der Waals surface area contributed by atoms with E-state index in [-0.39, 0.29) is 18.1 Å². The zero-order valence-electron chi connectivity index (χ0n) is 15.1. The molecule has 0 radical (unpaired) electrons. The quantitative estimate of drug-likeness (QED) is 0.571. The fraction of sp³-hybridized carbons (Fsp3) is 0.200. The minimum Gasteiger partial charge on any atom is -0.497 e. The van der Waals surface area contributed by atoms with Gasteiger partial charge in [-0.15, -0.1) is 0 Å². The van der Waals surface area contributed by atoms with E-state index in [9.17, 15) is 9.59 Å². The number of benzene rings is 2. The van der Waals surface area contributed by atoms with Crippen LogP contribution in [0.5, 0.6) is 23.0 Å². The van der Waals surface area contributed by atoms with Crippen LogP contribution in [0.1, 0.15) is 15.9 Å². The zero-order chi connectivity index (χ0) is 19.4. The molecule has 2 aromatic rings. The lowest BCUT2D eigenvalue weighted by atomic mass is 10.1. The molecule has 1 aliphatic rings. The number of ether oxygens (including phenoxy) is 5. The predicted molar refractivity (Wildman–Crippen MR) is 96.4 cm³/mol. The van der Waals surface area contributed by atoms with Crippen LogP contribution in [-0.4, -0.2) is 39.7 Å². The summed E-state index contributed by atoms with van der Waals surface area (Å²) in [6.07, 6.45) is 1.61. The average Bonchev–Trinajstić information content (AvgIpc) is 3.01. The minimum atomic E-state index is -0.500. The third-order valence-electron chi connectivity index (χ3n) is 3.95. The lowest BCUT2D eigenvalue weighted by molar-refractivity contribution is -0.142. The number of hydrogen-bond donors (Lipinski definition) is 0. The van der Waals surface area contributed by atoms with Crippen molar-refractivity contribution in [2.75, 3.05) is 27.9 Å². The number of allylic oxidation sites excluding steroid dienone is 1. The molecular weight excluding hydrogens is 352 g/mol. The molecule has 0 aliphatic carbocycles. The van der Waals surface area contributed by atoms with Crippen molar-refractivity contribution in [2.45, 2.75) is 0 Å². The highest BCUT2D eigenvalue weighted by Crippen LogP contribution is 2.36. The van der Waals surface area contributed by atoms with Crippen molar-refractivity contribution in [2.24, 2.45) is 0 Å². The monoisotopic (exact) mass is 370 g/mol. The van der Waals surface area contributed by atoms with E-state index < -0.39 is 5.97 Å². The van der Waals surface area contributed by atoms with Crippen LogP contribution in [0.25, 0.3) is 6.08 Å². The first-order valence-corrected chi connectivity index (χ1v) is 8.05. The Morgan fingerprint density at radius 3 is 2.52 bits per heavy atom. The third kappa shape index (κ3) is 3.87. The second-order valence-electron chi connectivity index (χ2n) is 5.57. The zero-order valence-corrected chi connectivity index (χ0v) is 15.1. The molecule has 0 saturated carbocycles. The van der Waals surface area contributed by atoms with E-state index in [0.29, 0.717) is 34.1 Å². The Kier molecular flexibility index (Phi) is 5.30. The molecular formula is C20H18O7. The molecule has 7 nitrogen and oxygen atoms in total. The molecule has 1 heterocycles. The Hall–Kier alpha value is -3.48. The molecule has 0 aromatic heterocycles. The van der Waals surface area contributed by atoms with E-state index in [1.54, 1.807) is 49.6 Å². The summed E-state index contributed by atoms with van der Waals surface area (Å²) in [5.41, 5.74) is 1.09. The second kappa shape index (κ2) is 7.82. The molecule has 27 heavy (non-hydrogen) atoms. The Morgan fingerprint density at radius 2 is 1.81 bits per heavy atom. The van der Waals surface area contributed by atoms with Crippen LogP contribution in [0.3, 0.4) is 0 Å². The molecule has 0 unspecified atom stereocenters. The highest BCUT2D eigenvalue weighted by atomic mass is 16.6. The number of fused-ring (bicyclic) bond motifs is 1. The van der Waals surface area contributed by atoms with E-state index in [2.05, 4.69) is 4.74 Å². The molecule has 0 fully saturated rings. The van der Waals surface area contributed by atoms with Crippen molar-refractivity contribution in [1.82, 2.24) is 0 Å². The minimum absolute atomic E-state index is 0.165. The van der Waals surface area contributed by atoms with Crippen LogP contribution in [0.2, 0.25) is 0 Å². The largest absolute Gasteiger partial charge is 0.497 e. The summed E-state index contributed by atoms with van der Waals surface area (Å²) in [5, 5.41) is 0. The van der Waals surface area contributed by atoms with Crippen LogP contribution < -0.4 is 18.9 Å². The number of methoxy groups -OCH3 is 3. The first kappa shape index (κ1) is 18.3. The van der Waals surface area contributed by atoms with Crippen molar-refractivity contribution in [1.29, 1.82) is 0 Å². The van der Waals surface area contributed by atoms with Crippen LogP contribution in [0.15, 0.2) is 42.2 Å². The maximum Gasteiger partial charge on any atom is 0.343 e. The number of esters is 1. The predicted octanol–water partition coefficient (Wildman–Crippen LogP) is 2.87. The molecule has 0 spiro atoms. The van der Waals surface area contributed by atoms with Crippen LogP contribution >= 0.6 is 0 Å².